The number of ether oxygens (including phenoxy) is 2. The monoisotopic (exact) mass is 392 g/mol. The van der Waals surface area contributed by atoms with Crippen LogP contribution in [-0.4, -0.2) is 41.9 Å². The first-order valence-corrected chi connectivity index (χ1v) is 10.4. The second-order valence-electron chi connectivity index (χ2n) is 7.15. The fourth-order valence-electron chi connectivity index (χ4n) is 3.88. The van der Waals surface area contributed by atoms with E-state index in [0.29, 0.717) is 53.0 Å². The Kier molecular flexibility index (Phi) is 6.55. The van der Waals surface area contributed by atoms with Gasteiger partial charge in [-0.25, -0.2) is 0 Å². The molecule has 2 aromatic rings. The Labute approximate surface area is 165 Å². The maximum Gasteiger partial charge on any atom is 0.262 e. The van der Waals surface area contributed by atoms with Crippen LogP contribution in [0.2, 0.25) is 0 Å². The SMILES string of the molecule is CCOc1cc2[nH]c(=S)n(CC[NH+]3CCCCC3C)c(=O)c2cc1OCC. The summed E-state index contributed by atoms with van der Waals surface area (Å²) < 4.78 is 13.5. The van der Waals surface area contributed by atoms with Crippen LogP contribution < -0.4 is 19.9 Å². The Balaban J connectivity index is 1.95. The summed E-state index contributed by atoms with van der Waals surface area (Å²) in [5, 5.41) is 0.581. The van der Waals surface area contributed by atoms with Gasteiger partial charge in [0.25, 0.3) is 5.56 Å². The highest BCUT2D eigenvalue weighted by molar-refractivity contribution is 7.71. The van der Waals surface area contributed by atoms with Crippen LogP contribution in [-0.2, 0) is 6.54 Å². The second-order valence-corrected chi connectivity index (χ2v) is 7.54. The molecule has 27 heavy (non-hydrogen) atoms. The summed E-state index contributed by atoms with van der Waals surface area (Å²) in [7, 11) is 0. The third-order valence-electron chi connectivity index (χ3n) is 5.38. The maximum atomic E-state index is 13.1. The van der Waals surface area contributed by atoms with Crippen molar-refractivity contribution in [3.05, 3.63) is 27.3 Å². The summed E-state index contributed by atoms with van der Waals surface area (Å²) in [5.41, 5.74) is 0.619. The molecule has 6 nitrogen and oxygen atoms in total. The smallest absolute Gasteiger partial charge is 0.262 e. The van der Waals surface area contributed by atoms with Crippen LogP contribution in [0.4, 0.5) is 0 Å². The molecule has 3 rings (SSSR count). The minimum atomic E-state index is -0.0678. The van der Waals surface area contributed by atoms with E-state index in [0.717, 1.165) is 6.54 Å². The number of nitrogens with one attached hydrogen (secondary N) is 2. The van der Waals surface area contributed by atoms with Crippen LogP contribution in [0.1, 0.15) is 40.0 Å². The van der Waals surface area contributed by atoms with E-state index in [1.807, 2.05) is 19.9 Å². The van der Waals surface area contributed by atoms with Gasteiger partial charge in [-0.2, -0.15) is 0 Å². The van der Waals surface area contributed by atoms with E-state index in [1.54, 1.807) is 15.5 Å². The lowest BCUT2D eigenvalue weighted by molar-refractivity contribution is -0.929. The molecule has 2 unspecified atom stereocenters. The number of nitrogens with zero attached hydrogens (tertiary/aromatic N) is 1. The number of aromatic nitrogens is 2. The van der Waals surface area contributed by atoms with Gasteiger partial charge in [-0.3, -0.25) is 9.36 Å². The zero-order valence-corrected chi connectivity index (χ0v) is 17.3. The van der Waals surface area contributed by atoms with Gasteiger partial charge in [0.2, 0.25) is 0 Å². The normalized spacial score (nSPS) is 20.0. The summed E-state index contributed by atoms with van der Waals surface area (Å²) in [6, 6.07) is 4.22. The number of aromatic amines is 1. The van der Waals surface area contributed by atoms with E-state index in [9.17, 15) is 4.79 Å². The number of hydrogen-bond donors (Lipinski definition) is 2. The number of rotatable bonds is 7. The number of hydrogen-bond acceptors (Lipinski definition) is 4. The van der Waals surface area contributed by atoms with Crippen molar-refractivity contribution in [2.24, 2.45) is 0 Å². The molecule has 1 aliphatic heterocycles. The van der Waals surface area contributed by atoms with Crippen molar-refractivity contribution in [3.63, 3.8) is 0 Å². The lowest BCUT2D eigenvalue weighted by Crippen LogP contribution is -3.16. The van der Waals surface area contributed by atoms with Crippen molar-refractivity contribution in [1.29, 1.82) is 0 Å². The van der Waals surface area contributed by atoms with Gasteiger partial charge in [-0.15, -0.1) is 0 Å². The number of fused-ring (bicyclic) bond motifs is 1. The first-order valence-electron chi connectivity index (χ1n) is 9.96. The predicted molar refractivity (Wildman–Crippen MR) is 110 cm³/mol. The van der Waals surface area contributed by atoms with Crippen molar-refractivity contribution < 1.29 is 14.4 Å². The zero-order chi connectivity index (χ0) is 19.4. The number of piperidine rings is 1. The highest BCUT2D eigenvalue weighted by Gasteiger charge is 2.22. The fourth-order valence-corrected chi connectivity index (χ4v) is 4.16. The summed E-state index contributed by atoms with van der Waals surface area (Å²) in [5.74, 6) is 1.22. The quantitative estimate of drug-likeness (QED) is 0.710. The topological polar surface area (TPSA) is 60.7 Å². The summed E-state index contributed by atoms with van der Waals surface area (Å²) in [4.78, 5) is 17.9. The van der Waals surface area contributed by atoms with E-state index in [1.165, 1.54) is 25.8 Å². The first-order chi connectivity index (χ1) is 13.0. The third kappa shape index (κ3) is 4.35. The molecular formula is C20H30N3O3S+. The number of quaternary nitrogens is 1. The highest BCUT2D eigenvalue weighted by atomic mass is 32.1. The highest BCUT2D eigenvalue weighted by Crippen LogP contribution is 2.30. The molecule has 0 spiro atoms. The maximum absolute atomic E-state index is 13.1. The molecule has 1 aromatic heterocycles. The van der Waals surface area contributed by atoms with Gasteiger partial charge in [-0.05, 0) is 58.3 Å². The Bertz CT molecular complexity index is 906. The van der Waals surface area contributed by atoms with Gasteiger partial charge in [0, 0.05) is 6.07 Å². The van der Waals surface area contributed by atoms with Gasteiger partial charge in [0.15, 0.2) is 16.3 Å². The minimum absolute atomic E-state index is 0.0678. The summed E-state index contributed by atoms with van der Waals surface area (Å²) >= 11 is 5.48. The molecule has 7 heteroatoms. The number of H-pyrrole nitrogens is 1. The molecule has 1 aromatic carbocycles. The van der Waals surface area contributed by atoms with E-state index in [-0.39, 0.29) is 5.56 Å². The van der Waals surface area contributed by atoms with Crippen LogP contribution in [0, 0.1) is 4.77 Å². The zero-order valence-electron chi connectivity index (χ0n) is 16.5. The van der Waals surface area contributed by atoms with Gasteiger partial charge >= 0.3 is 0 Å². The van der Waals surface area contributed by atoms with Crippen molar-refractivity contribution >= 4 is 23.1 Å². The molecule has 0 radical (unpaired) electrons. The molecule has 2 N–H and O–H groups in total. The fraction of sp³-hybridized carbons (Fsp3) is 0.600. The third-order valence-corrected chi connectivity index (χ3v) is 5.71. The summed E-state index contributed by atoms with van der Waals surface area (Å²) in [6.07, 6.45) is 3.83. The van der Waals surface area contributed by atoms with Crippen LogP contribution in [0.15, 0.2) is 16.9 Å². The molecule has 2 atom stereocenters. The molecular weight excluding hydrogens is 362 g/mol. The van der Waals surface area contributed by atoms with Crippen LogP contribution in [0.25, 0.3) is 10.9 Å². The molecule has 2 heterocycles. The average molecular weight is 393 g/mol. The second kappa shape index (κ2) is 8.89. The number of likely N-dealkylation sites (tertiary alicyclic amines) is 1. The van der Waals surface area contributed by atoms with Crippen LogP contribution in [0.3, 0.4) is 0 Å². The van der Waals surface area contributed by atoms with Gasteiger partial charge in [0.05, 0.1) is 49.8 Å². The molecule has 0 aliphatic carbocycles. The molecule has 1 fully saturated rings. The molecule has 1 aliphatic rings. The van der Waals surface area contributed by atoms with Gasteiger partial charge in [0.1, 0.15) is 0 Å². The Morgan fingerprint density at radius 1 is 1.22 bits per heavy atom. The Morgan fingerprint density at radius 2 is 1.93 bits per heavy atom. The molecule has 0 amide bonds. The summed E-state index contributed by atoms with van der Waals surface area (Å²) in [6.45, 7) is 9.89. The first kappa shape index (κ1) is 19.9. The Morgan fingerprint density at radius 3 is 2.59 bits per heavy atom. The van der Waals surface area contributed by atoms with Crippen molar-refractivity contribution in [1.82, 2.24) is 9.55 Å². The minimum Gasteiger partial charge on any atom is -0.490 e. The van der Waals surface area contributed by atoms with E-state index in [4.69, 9.17) is 21.7 Å². The van der Waals surface area contributed by atoms with Gasteiger partial charge in [-0.1, -0.05) is 0 Å². The van der Waals surface area contributed by atoms with E-state index < -0.39 is 0 Å². The lowest BCUT2D eigenvalue weighted by atomic mass is 10.0. The number of benzene rings is 1. The Hall–Kier alpha value is -1.86. The van der Waals surface area contributed by atoms with Crippen molar-refractivity contribution in [2.75, 3.05) is 26.3 Å². The van der Waals surface area contributed by atoms with Crippen LogP contribution >= 0.6 is 12.2 Å². The molecule has 1 saturated heterocycles. The lowest BCUT2D eigenvalue weighted by Gasteiger charge is -2.30. The van der Waals surface area contributed by atoms with Crippen molar-refractivity contribution in [2.45, 2.75) is 52.6 Å². The average Bonchev–Trinajstić information content (AvgIpc) is 2.64. The largest absolute Gasteiger partial charge is 0.490 e. The predicted octanol–water partition coefficient (Wildman–Crippen LogP) is 2.31. The van der Waals surface area contributed by atoms with Crippen LogP contribution in [0.5, 0.6) is 11.5 Å². The molecule has 0 saturated carbocycles. The van der Waals surface area contributed by atoms with Gasteiger partial charge < -0.3 is 19.4 Å². The van der Waals surface area contributed by atoms with Crippen molar-refractivity contribution in [3.8, 4) is 11.5 Å². The van der Waals surface area contributed by atoms with E-state index in [2.05, 4.69) is 11.9 Å². The van der Waals surface area contributed by atoms with E-state index >= 15 is 0 Å². The molecule has 0 bridgehead atoms. The molecule has 148 valence electrons. The standard InChI is InChI=1S/C20H29N3O3S/c1-4-25-17-12-15-16(13-18(17)26-5-2)21-20(27)23(19(15)24)11-10-22-9-7-6-8-14(22)3/h12-14H,4-11H2,1-3H3,(H,21,27)/p+1.